The highest BCUT2D eigenvalue weighted by Crippen LogP contribution is 2.30. The van der Waals surface area contributed by atoms with Crippen LogP contribution in [0, 0.1) is 0 Å². The summed E-state index contributed by atoms with van der Waals surface area (Å²) in [5.74, 6) is 0.120. The molecule has 23 heavy (non-hydrogen) atoms. The van der Waals surface area contributed by atoms with Gasteiger partial charge in [0.2, 0.25) is 5.95 Å². The van der Waals surface area contributed by atoms with Crippen molar-refractivity contribution in [3.8, 4) is 0 Å². The summed E-state index contributed by atoms with van der Waals surface area (Å²) < 4.78 is 49.6. The molecule has 2 rings (SSSR count). The van der Waals surface area contributed by atoms with E-state index in [1.165, 1.54) is 4.90 Å². The second kappa shape index (κ2) is 7.31. The number of alkyl halides is 3. The highest BCUT2D eigenvalue weighted by Gasteiger charge is 2.34. The Labute approximate surface area is 133 Å². The van der Waals surface area contributed by atoms with E-state index in [2.05, 4.69) is 15.3 Å². The van der Waals surface area contributed by atoms with Gasteiger partial charge in [0.15, 0.2) is 5.69 Å². The lowest BCUT2D eigenvalue weighted by molar-refractivity contribution is -0.141. The number of rotatable bonds is 6. The standard InChI is InChI=1S/C14H21F3N4O2/c1-9(7-23-10-4-5-22-8-10)18-13-19-11(14(15,16)17)6-12(20-13)21(2)3/h6,9-10H,4-5,7-8H2,1-3H3,(H,18,19,20). The highest BCUT2D eigenvalue weighted by atomic mass is 19.4. The first-order chi connectivity index (χ1) is 10.8. The summed E-state index contributed by atoms with van der Waals surface area (Å²) in [7, 11) is 3.25. The van der Waals surface area contributed by atoms with E-state index >= 15 is 0 Å². The minimum atomic E-state index is -4.52. The predicted octanol–water partition coefficient (Wildman–Crippen LogP) is 2.17. The predicted molar refractivity (Wildman–Crippen MR) is 79.6 cm³/mol. The van der Waals surface area contributed by atoms with Gasteiger partial charge in [-0.2, -0.15) is 18.2 Å². The van der Waals surface area contributed by atoms with Gasteiger partial charge in [-0.1, -0.05) is 0 Å². The molecule has 0 spiro atoms. The van der Waals surface area contributed by atoms with Crippen molar-refractivity contribution in [1.82, 2.24) is 9.97 Å². The third-order valence-electron chi connectivity index (χ3n) is 3.31. The number of hydrogen-bond acceptors (Lipinski definition) is 6. The van der Waals surface area contributed by atoms with Crippen LogP contribution in [0.3, 0.4) is 0 Å². The second-order valence-corrected chi connectivity index (χ2v) is 5.69. The SMILES string of the molecule is CC(COC1CCOC1)Nc1nc(N(C)C)cc(C(F)(F)F)n1. The van der Waals surface area contributed by atoms with Crippen molar-refractivity contribution in [2.24, 2.45) is 0 Å². The van der Waals surface area contributed by atoms with Gasteiger partial charge in [-0.3, -0.25) is 0 Å². The average molecular weight is 334 g/mol. The molecule has 0 saturated carbocycles. The van der Waals surface area contributed by atoms with Gasteiger partial charge in [0, 0.05) is 32.8 Å². The molecule has 1 aromatic heterocycles. The molecule has 6 nitrogen and oxygen atoms in total. The average Bonchev–Trinajstić information content (AvgIpc) is 2.97. The van der Waals surface area contributed by atoms with Crippen molar-refractivity contribution in [2.75, 3.05) is 44.1 Å². The summed E-state index contributed by atoms with van der Waals surface area (Å²) in [4.78, 5) is 9.14. The lowest BCUT2D eigenvalue weighted by Gasteiger charge is -2.19. The monoisotopic (exact) mass is 334 g/mol. The van der Waals surface area contributed by atoms with Gasteiger partial charge in [0.05, 0.1) is 19.3 Å². The number of anilines is 2. The third-order valence-corrected chi connectivity index (χ3v) is 3.31. The lowest BCUT2D eigenvalue weighted by atomic mass is 10.3. The first kappa shape index (κ1) is 17.7. The molecule has 1 aromatic rings. The molecule has 9 heteroatoms. The molecule has 0 amide bonds. The van der Waals surface area contributed by atoms with Crippen LogP contribution in [0.2, 0.25) is 0 Å². The fourth-order valence-electron chi connectivity index (χ4n) is 2.06. The van der Waals surface area contributed by atoms with Crippen molar-refractivity contribution in [3.63, 3.8) is 0 Å². The van der Waals surface area contributed by atoms with Crippen LogP contribution in [0.5, 0.6) is 0 Å². The number of halogens is 3. The minimum Gasteiger partial charge on any atom is -0.379 e. The topological polar surface area (TPSA) is 59.5 Å². The van der Waals surface area contributed by atoms with Crippen LogP contribution in [-0.2, 0) is 15.7 Å². The second-order valence-electron chi connectivity index (χ2n) is 5.69. The van der Waals surface area contributed by atoms with E-state index in [1.807, 2.05) is 0 Å². The van der Waals surface area contributed by atoms with Crippen molar-refractivity contribution in [1.29, 1.82) is 0 Å². The summed E-state index contributed by atoms with van der Waals surface area (Å²) in [5.41, 5.74) is -0.976. The zero-order valence-electron chi connectivity index (χ0n) is 13.4. The summed E-state index contributed by atoms with van der Waals surface area (Å²) in [6, 6.07) is 0.691. The van der Waals surface area contributed by atoms with Crippen LogP contribution in [0.4, 0.5) is 24.9 Å². The quantitative estimate of drug-likeness (QED) is 0.860. The Hall–Kier alpha value is -1.61. The summed E-state index contributed by atoms with van der Waals surface area (Å²) in [6.07, 6.45) is -3.65. The molecule has 0 aromatic carbocycles. The maximum Gasteiger partial charge on any atom is 0.433 e. The van der Waals surface area contributed by atoms with Crippen molar-refractivity contribution in [3.05, 3.63) is 11.8 Å². The van der Waals surface area contributed by atoms with E-state index in [0.29, 0.717) is 19.8 Å². The Morgan fingerprint density at radius 1 is 1.43 bits per heavy atom. The molecular weight excluding hydrogens is 313 g/mol. The lowest BCUT2D eigenvalue weighted by Crippen LogP contribution is -2.27. The molecule has 2 atom stereocenters. The number of nitrogens with zero attached hydrogens (tertiary/aromatic N) is 3. The molecule has 1 aliphatic heterocycles. The Kier molecular flexibility index (Phi) is 5.64. The largest absolute Gasteiger partial charge is 0.433 e. The Morgan fingerprint density at radius 2 is 2.17 bits per heavy atom. The van der Waals surface area contributed by atoms with Gasteiger partial charge < -0.3 is 19.7 Å². The third kappa shape index (κ3) is 5.21. The molecule has 2 heterocycles. The zero-order valence-corrected chi connectivity index (χ0v) is 13.4. The smallest absolute Gasteiger partial charge is 0.379 e. The molecule has 1 saturated heterocycles. The number of aromatic nitrogens is 2. The van der Waals surface area contributed by atoms with E-state index in [9.17, 15) is 13.2 Å². The van der Waals surface area contributed by atoms with E-state index < -0.39 is 11.9 Å². The van der Waals surface area contributed by atoms with Crippen LogP contribution in [0.25, 0.3) is 0 Å². The van der Waals surface area contributed by atoms with E-state index in [-0.39, 0.29) is 23.9 Å². The van der Waals surface area contributed by atoms with Crippen LogP contribution in [0.1, 0.15) is 19.0 Å². The fraction of sp³-hybridized carbons (Fsp3) is 0.714. The number of ether oxygens (including phenoxy) is 2. The Bertz CT molecular complexity index is 519. The maximum absolute atomic E-state index is 12.9. The zero-order chi connectivity index (χ0) is 17.0. The summed E-state index contributed by atoms with van der Waals surface area (Å²) in [5, 5.41) is 2.86. The number of nitrogens with one attached hydrogen (secondary N) is 1. The van der Waals surface area contributed by atoms with Gasteiger partial charge in [0.25, 0.3) is 0 Å². The summed E-state index contributed by atoms with van der Waals surface area (Å²) in [6.45, 7) is 3.37. The van der Waals surface area contributed by atoms with Gasteiger partial charge >= 0.3 is 6.18 Å². The Balaban J connectivity index is 2.03. The molecule has 0 bridgehead atoms. The van der Waals surface area contributed by atoms with Crippen LogP contribution < -0.4 is 10.2 Å². The van der Waals surface area contributed by atoms with Crippen LogP contribution >= 0.6 is 0 Å². The van der Waals surface area contributed by atoms with E-state index in [1.54, 1.807) is 21.0 Å². The van der Waals surface area contributed by atoms with Crippen molar-refractivity contribution in [2.45, 2.75) is 31.7 Å². The molecule has 0 aliphatic carbocycles. The molecule has 1 N–H and O–H groups in total. The number of hydrogen-bond donors (Lipinski definition) is 1. The Morgan fingerprint density at radius 3 is 2.74 bits per heavy atom. The van der Waals surface area contributed by atoms with Crippen molar-refractivity contribution < 1.29 is 22.6 Å². The van der Waals surface area contributed by atoms with Gasteiger partial charge in [-0.25, -0.2) is 4.98 Å². The maximum atomic E-state index is 12.9. The molecule has 0 radical (unpaired) electrons. The summed E-state index contributed by atoms with van der Waals surface area (Å²) >= 11 is 0. The molecule has 130 valence electrons. The highest BCUT2D eigenvalue weighted by molar-refractivity contribution is 5.44. The molecular formula is C14H21F3N4O2. The van der Waals surface area contributed by atoms with Gasteiger partial charge in [0.1, 0.15) is 5.82 Å². The van der Waals surface area contributed by atoms with Crippen LogP contribution in [0.15, 0.2) is 6.07 Å². The van der Waals surface area contributed by atoms with E-state index in [4.69, 9.17) is 9.47 Å². The first-order valence-corrected chi connectivity index (χ1v) is 7.35. The first-order valence-electron chi connectivity index (χ1n) is 7.35. The molecule has 1 aliphatic rings. The molecule has 2 unspecified atom stereocenters. The van der Waals surface area contributed by atoms with Gasteiger partial charge in [-0.05, 0) is 13.3 Å². The normalized spacial score (nSPS) is 19.7. The van der Waals surface area contributed by atoms with E-state index in [0.717, 1.165) is 12.5 Å². The van der Waals surface area contributed by atoms with Gasteiger partial charge in [-0.15, -0.1) is 0 Å². The van der Waals surface area contributed by atoms with Crippen molar-refractivity contribution >= 4 is 11.8 Å². The van der Waals surface area contributed by atoms with Crippen LogP contribution in [-0.4, -0.2) is 56.0 Å². The minimum absolute atomic E-state index is 0.0408. The molecule has 1 fully saturated rings. The fourth-order valence-corrected chi connectivity index (χ4v) is 2.06.